The predicted molar refractivity (Wildman–Crippen MR) is 91.0 cm³/mol. The molecule has 0 N–H and O–H groups in total. The minimum atomic E-state index is -2.73. The van der Waals surface area contributed by atoms with Crippen LogP contribution in [0.2, 0.25) is 0 Å². The van der Waals surface area contributed by atoms with Crippen molar-refractivity contribution in [2.24, 2.45) is 0 Å². The molecule has 2 aromatic carbocycles. The molecule has 7 heteroatoms. The zero-order chi connectivity index (χ0) is 15.3. The summed E-state index contributed by atoms with van der Waals surface area (Å²) >= 11 is 1.68. The van der Waals surface area contributed by atoms with Crippen molar-refractivity contribution in [1.82, 2.24) is 4.98 Å². The third-order valence-electron chi connectivity index (χ3n) is 3.57. The number of hydrogen-bond acceptors (Lipinski definition) is 6. The van der Waals surface area contributed by atoms with Gasteiger partial charge in [-0.05, 0) is 0 Å². The molecule has 2 bridgehead atoms. The Morgan fingerprint density at radius 1 is 1.00 bits per heavy atom. The molecule has 0 atom stereocenters. The van der Waals surface area contributed by atoms with Gasteiger partial charge in [-0.15, -0.1) is 0 Å². The number of thiazole rings is 1. The van der Waals surface area contributed by atoms with Crippen molar-refractivity contribution < 1.29 is 18.1 Å². The van der Waals surface area contributed by atoms with E-state index in [1.54, 1.807) is 11.3 Å². The zero-order valence-electron chi connectivity index (χ0n) is 11.8. The van der Waals surface area contributed by atoms with Crippen molar-refractivity contribution in [3.63, 3.8) is 0 Å². The van der Waals surface area contributed by atoms with Crippen LogP contribution in [0.15, 0.2) is 48.5 Å². The van der Waals surface area contributed by atoms with E-state index in [1.807, 2.05) is 54.6 Å². The fourth-order valence-corrected chi connectivity index (χ4v) is 4.57. The molecule has 0 aliphatic carbocycles. The van der Waals surface area contributed by atoms with Crippen LogP contribution >= 0.6 is 19.5 Å². The number of benzene rings is 2. The molecule has 3 saturated heterocycles. The molecule has 116 valence electrons. The van der Waals surface area contributed by atoms with Gasteiger partial charge in [0.05, 0.1) is 0 Å². The Morgan fingerprint density at radius 2 is 1.78 bits per heavy atom. The molecular formula is C16H12NO4PS. The second-order valence-electron chi connectivity index (χ2n) is 5.17. The van der Waals surface area contributed by atoms with Gasteiger partial charge < -0.3 is 0 Å². The monoisotopic (exact) mass is 345 g/mol. The van der Waals surface area contributed by atoms with E-state index >= 15 is 0 Å². The number of fused-ring (bicyclic) bond motifs is 1. The molecule has 5 nitrogen and oxygen atoms in total. The van der Waals surface area contributed by atoms with Crippen LogP contribution in [0.3, 0.4) is 0 Å². The number of hydrogen-bond donors (Lipinski definition) is 0. The van der Waals surface area contributed by atoms with Gasteiger partial charge in [0.25, 0.3) is 0 Å². The molecule has 0 unspecified atom stereocenters. The quantitative estimate of drug-likeness (QED) is 0.646. The molecule has 6 rings (SSSR count). The Morgan fingerprint density at radius 3 is 2.48 bits per heavy atom. The average molecular weight is 345 g/mol. The van der Waals surface area contributed by atoms with Crippen molar-refractivity contribution in [3.8, 4) is 5.75 Å². The first-order chi connectivity index (χ1) is 11.3. The molecule has 3 aromatic rings. The van der Waals surface area contributed by atoms with Crippen molar-refractivity contribution in [3.05, 3.63) is 59.1 Å². The molecule has 3 aliphatic rings. The van der Waals surface area contributed by atoms with Crippen molar-refractivity contribution >= 4 is 41.9 Å². The molecule has 4 heterocycles. The summed E-state index contributed by atoms with van der Waals surface area (Å²) in [6, 6.07) is 15.8. The standard InChI is InChI=1S/C16H12NO4PS/c1-2-4-14-13(3-1)17-15(23-14)10-7-11-5-8-12(9-6-11)18-22-19-16(20-22)21-22/h1-10,16,22H/b10-7+. The van der Waals surface area contributed by atoms with Gasteiger partial charge in [-0.1, -0.05) is 0 Å². The van der Waals surface area contributed by atoms with Gasteiger partial charge in [0.2, 0.25) is 0 Å². The first-order valence-corrected chi connectivity index (χ1v) is 9.59. The molecule has 1 aromatic heterocycles. The van der Waals surface area contributed by atoms with Crippen LogP contribution in [0.4, 0.5) is 0 Å². The molecule has 0 saturated carbocycles. The first kappa shape index (κ1) is 13.6. The van der Waals surface area contributed by atoms with E-state index in [0.717, 1.165) is 16.1 Å². The normalized spacial score (nSPS) is 22.5. The van der Waals surface area contributed by atoms with E-state index in [-0.39, 0.29) is 0 Å². The van der Waals surface area contributed by atoms with E-state index in [4.69, 9.17) is 18.1 Å². The van der Waals surface area contributed by atoms with Crippen LogP contribution < -0.4 is 4.52 Å². The summed E-state index contributed by atoms with van der Waals surface area (Å²) in [4.78, 5) is 4.58. The Bertz CT molecular complexity index is 858. The second kappa shape index (κ2) is 5.09. The van der Waals surface area contributed by atoms with Gasteiger partial charge in [0.15, 0.2) is 0 Å². The van der Waals surface area contributed by atoms with Crippen LogP contribution in [0.1, 0.15) is 10.6 Å². The number of aromatic nitrogens is 1. The van der Waals surface area contributed by atoms with Gasteiger partial charge in [-0.25, -0.2) is 0 Å². The minimum absolute atomic E-state index is 0.488. The number of rotatable bonds is 4. The fourth-order valence-electron chi connectivity index (χ4n) is 2.37. The maximum atomic E-state index is 5.60. The predicted octanol–water partition coefficient (Wildman–Crippen LogP) is 4.62. The molecule has 0 amide bonds. The topological polar surface area (TPSA) is 49.8 Å². The van der Waals surface area contributed by atoms with Gasteiger partial charge >= 0.3 is 136 Å². The van der Waals surface area contributed by atoms with Crippen LogP contribution in [0, 0.1) is 0 Å². The van der Waals surface area contributed by atoms with Crippen molar-refractivity contribution in [2.45, 2.75) is 6.48 Å². The molecular weight excluding hydrogens is 333 g/mol. The Balaban J connectivity index is 1.31. The molecule has 0 radical (unpaired) electrons. The van der Waals surface area contributed by atoms with E-state index in [9.17, 15) is 0 Å². The summed E-state index contributed by atoms with van der Waals surface area (Å²) in [5.74, 6) is 0.687. The van der Waals surface area contributed by atoms with Crippen molar-refractivity contribution in [2.75, 3.05) is 0 Å². The van der Waals surface area contributed by atoms with Crippen LogP contribution in [-0.2, 0) is 13.6 Å². The van der Waals surface area contributed by atoms with Gasteiger partial charge in [0.1, 0.15) is 0 Å². The molecule has 3 aliphatic heterocycles. The van der Waals surface area contributed by atoms with E-state index in [2.05, 4.69) is 11.1 Å². The third kappa shape index (κ3) is 2.45. The van der Waals surface area contributed by atoms with Crippen LogP contribution in [0.5, 0.6) is 5.75 Å². The Labute approximate surface area is 136 Å². The maximum absolute atomic E-state index is 5.60. The van der Waals surface area contributed by atoms with E-state index in [0.29, 0.717) is 5.75 Å². The zero-order valence-corrected chi connectivity index (χ0v) is 13.7. The Kier molecular flexibility index (Phi) is 3.01. The number of nitrogens with zero attached hydrogens (tertiary/aromatic N) is 1. The summed E-state index contributed by atoms with van der Waals surface area (Å²) in [7, 11) is -2.73. The van der Waals surface area contributed by atoms with Crippen LogP contribution in [0.25, 0.3) is 22.4 Å². The molecule has 23 heavy (non-hydrogen) atoms. The summed E-state index contributed by atoms with van der Waals surface area (Å²) < 4.78 is 22.5. The number of para-hydroxylation sites is 1. The fraction of sp³-hybridized carbons (Fsp3) is 0.0625. The molecule has 3 fully saturated rings. The van der Waals surface area contributed by atoms with Gasteiger partial charge in [0, 0.05) is 0 Å². The summed E-state index contributed by atoms with van der Waals surface area (Å²) in [5.41, 5.74) is 2.10. The van der Waals surface area contributed by atoms with E-state index < -0.39 is 14.6 Å². The molecule has 0 spiro atoms. The van der Waals surface area contributed by atoms with Gasteiger partial charge in [-0.3, -0.25) is 0 Å². The summed E-state index contributed by atoms with van der Waals surface area (Å²) in [5, 5.41) is 0.989. The summed E-state index contributed by atoms with van der Waals surface area (Å²) in [6.45, 7) is -0.488. The SMILES string of the molecule is C(=C\c1nc2ccccc2s1)/c1ccc(O[PH]23OC(O2)O3)cc1. The third-order valence-corrected chi connectivity index (χ3v) is 6.50. The second-order valence-corrected chi connectivity index (χ2v) is 8.14. The summed E-state index contributed by atoms with van der Waals surface area (Å²) in [6.07, 6.45) is 4.05. The Hall–Kier alpha value is -1.82. The van der Waals surface area contributed by atoms with Crippen molar-refractivity contribution in [1.29, 1.82) is 0 Å². The first-order valence-electron chi connectivity index (χ1n) is 7.14. The van der Waals surface area contributed by atoms with Crippen LogP contribution in [-0.4, -0.2) is 11.5 Å². The van der Waals surface area contributed by atoms with Gasteiger partial charge in [-0.2, -0.15) is 0 Å². The van der Waals surface area contributed by atoms with E-state index in [1.165, 1.54) is 4.70 Å². The average Bonchev–Trinajstić information content (AvgIpc) is 2.92.